The average Bonchev–Trinajstić information content (AvgIpc) is 3.20. The molecular weight excluding hydrogens is 363 g/mol. The van der Waals surface area contributed by atoms with Crippen LogP contribution < -0.4 is 14.8 Å². The first kappa shape index (κ1) is 18.0. The number of benzene rings is 2. The summed E-state index contributed by atoms with van der Waals surface area (Å²) < 4.78 is 25.7. The molecule has 1 aromatic heterocycles. The lowest BCUT2D eigenvalue weighted by Crippen LogP contribution is -2.32. The molecular formula is C20H19FN4O3. The summed E-state index contributed by atoms with van der Waals surface area (Å²) in [6.45, 7) is 2.98. The fourth-order valence-electron chi connectivity index (χ4n) is 3.10. The predicted molar refractivity (Wildman–Crippen MR) is 99.2 cm³/mol. The SMILES string of the molecule is CCOc1ccc2c(c1)C(NC(=O)c1cn(-c3ccc(F)cc3)nn1)CCO2. The molecule has 4 rings (SSSR count). The molecule has 0 radical (unpaired) electrons. The van der Waals surface area contributed by atoms with Crippen LogP contribution in [-0.2, 0) is 0 Å². The fourth-order valence-corrected chi connectivity index (χ4v) is 3.10. The van der Waals surface area contributed by atoms with Crippen LogP contribution in [0.3, 0.4) is 0 Å². The van der Waals surface area contributed by atoms with Gasteiger partial charge in [0.15, 0.2) is 5.69 Å². The second-order valence-corrected chi connectivity index (χ2v) is 6.32. The summed E-state index contributed by atoms with van der Waals surface area (Å²) >= 11 is 0. The number of halogens is 1. The van der Waals surface area contributed by atoms with Gasteiger partial charge < -0.3 is 14.8 Å². The van der Waals surface area contributed by atoms with Crippen molar-refractivity contribution in [3.8, 4) is 17.2 Å². The zero-order valence-electron chi connectivity index (χ0n) is 15.3. The van der Waals surface area contributed by atoms with Crippen LogP contribution in [-0.4, -0.2) is 34.1 Å². The van der Waals surface area contributed by atoms with Gasteiger partial charge in [0.25, 0.3) is 5.91 Å². The highest BCUT2D eigenvalue weighted by Crippen LogP contribution is 2.35. The van der Waals surface area contributed by atoms with Gasteiger partial charge in [-0.2, -0.15) is 0 Å². The van der Waals surface area contributed by atoms with Crippen LogP contribution in [0.15, 0.2) is 48.7 Å². The van der Waals surface area contributed by atoms with Crippen molar-refractivity contribution >= 4 is 5.91 Å². The van der Waals surface area contributed by atoms with Crippen molar-refractivity contribution in [2.24, 2.45) is 0 Å². The van der Waals surface area contributed by atoms with Crippen LogP contribution in [0, 0.1) is 5.82 Å². The van der Waals surface area contributed by atoms with E-state index in [4.69, 9.17) is 9.47 Å². The third-order valence-corrected chi connectivity index (χ3v) is 4.45. The van der Waals surface area contributed by atoms with Gasteiger partial charge in [-0.25, -0.2) is 9.07 Å². The second kappa shape index (κ2) is 7.67. The predicted octanol–water partition coefficient (Wildman–Crippen LogP) is 3.06. The molecule has 1 amide bonds. The number of hydrogen-bond acceptors (Lipinski definition) is 5. The largest absolute Gasteiger partial charge is 0.494 e. The molecule has 0 fully saturated rings. The Hall–Kier alpha value is -3.42. The van der Waals surface area contributed by atoms with E-state index in [1.165, 1.54) is 23.0 Å². The maximum absolute atomic E-state index is 13.1. The van der Waals surface area contributed by atoms with Crippen LogP contribution in [0.4, 0.5) is 4.39 Å². The molecule has 1 aliphatic heterocycles. The molecule has 7 nitrogen and oxygen atoms in total. The lowest BCUT2D eigenvalue weighted by molar-refractivity contribution is 0.0919. The van der Waals surface area contributed by atoms with E-state index in [1.54, 1.807) is 12.1 Å². The van der Waals surface area contributed by atoms with E-state index in [0.717, 1.165) is 17.1 Å². The number of amides is 1. The third kappa shape index (κ3) is 3.66. The van der Waals surface area contributed by atoms with E-state index in [-0.39, 0.29) is 23.5 Å². The zero-order valence-corrected chi connectivity index (χ0v) is 15.3. The van der Waals surface area contributed by atoms with Gasteiger partial charge in [-0.05, 0) is 49.4 Å². The number of nitrogens with one attached hydrogen (secondary N) is 1. The molecule has 2 aromatic carbocycles. The van der Waals surface area contributed by atoms with E-state index in [2.05, 4.69) is 15.6 Å². The Kier molecular flexibility index (Phi) is 4.92. The minimum Gasteiger partial charge on any atom is -0.494 e. The average molecular weight is 382 g/mol. The van der Waals surface area contributed by atoms with Crippen LogP contribution in [0.2, 0.25) is 0 Å². The molecule has 1 N–H and O–H groups in total. The van der Waals surface area contributed by atoms with E-state index in [0.29, 0.717) is 25.3 Å². The number of carbonyl (C=O) groups excluding carboxylic acids is 1. The van der Waals surface area contributed by atoms with Gasteiger partial charge in [0.05, 0.1) is 31.1 Å². The molecule has 0 spiro atoms. The van der Waals surface area contributed by atoms with E-state index in [1.807, 2.05) is 25.1 Å². The van der Waals surface area contributed by atoms with Crippen molar-refractivity contribution in [1.82, 2.24) is 20.3 Å². The van der Waals surface area contributed by atoms with Crippen molar-refractivity contribution < 1.29 is 18.7 Å². The third-order valence-electron chi connectivity index (χ3n) is 4.45. The number of fused-ring (bicyclic) bond motifs is 1. The highest BCUT2D eigenvalue weighted by Gasteiger charge is 2.25. The molecule has 0 bridgehead atoms. The van der Waals surface area contributed by atoms with Crippen molar-refractivity contribution in [2.45, 2.75) is 19.4 Å². The van der Waals surface area contributed by atoms with E-state index < -0.39 is 0 Å². The van der Waals surface area contributed by atoms with Crippen molar-refractivity contribution in [3.63, 3.8) is 0 Å². The fraction of sp³-hybridized carbons (Fsp3) is 0.250. The van der Waals surface area contributed by atoms with Gasteiger partial charge in [0.1, 0.15) is 17.3 Å². The number of aromatic nitrogens is 3. The minimum absolute atomic E-state index is 0.179. The molecule has 144 valence electrons. The van der Waals surface area contributed by atoms with Gasteiger partial charge in [0.2, 0.25) is 0 Å². The molecule has 3 aromatic rings. The van der Waals surface area contributed by atoms with Crippen molar-refractivity contribution in [2.75, 3.05) is 13.2 Å². The number of hydrogen-bond donors (Lipinski definition) is 1. The summed E-state index contributed by atoms with van der Waals surface area (Å²) in [6, 6.07) is 11.2. The van der Waals surface area contributed by atoms with E-state index in [9.17, 15) is 9.18 Å². The minimum atomic E-state index is -0.341. The maximum Gasteiger partial charge on any atom is 0.273 e. The smallest absolute Gasteiger partial charge is 0.273 e. The lowest BCUT2D eigenvalue weighted by atomic mass is 10.00. The molecule has 8 heteroatoms. The molecule has 1 atom stereocenters. The monoisotopic (exact) mass is 382 g/mol. The second-order valence-electron chi connectivity index (χ2n) is 6.32. The van der Waals surface area contributed by atoms with E-state index >= 15 is 0 Å². The van der Waals surface area contributed by atoms with Crippen LogP contribution in [0.5, 0.6) is 11.5 Å². The first-order chi connectivity index (χ1) is 13.6. The Morgan fingerprint density at radius 1 is 1.32 bits per heavy atom. The summed E-state index contributed by atoms with van der Waals surface area (Å²) in [6.07, 6.45) is 2.15. The molecule has 1 aliphatic rings. The number of ether oxygens (including phenoxy) is 2. The maximum atomic E-state index is 13.1. The van der Waals surface area contributed by atoms with Crippen LogP contribution >= 0.6 is 0 Å². The Balaban J connectivity index is 1.52. The molecule has 0 saturated heterocycles. The van der Waals surface area contributed by atoms with Gasteiger partial charge in [0, 0.05) is 12.0 Å². The lowest BCUT2D eigenvalue weighted by Gasteiger charge is -2.27. The van der Waals surface area contributed by atoms with Gasteiger partial charge in [-0.1, -0.05) is 5.21 Å². The number of nitrogens with zero attached hydrogens (tertiary/aromatic N) is 3. The Bertz CT molecular complexity index is 987. The summed E-state index contributed by atoms with van der Waals surface area (Å²) in [5, 5.41) is 10.9. The first-order valence-corrected chi connectivity index (χ1v) is 9.02. The first-order valence-electron chi connectivity index (χ1n) is 9.02. The summed E-state index contributed by atoms with van der Waals surface area (Å²) in [4.78, 5) is 12.7. The Labute approximate surface area is 161 Å². The molecule has 2 heterocycles. The molecule has 0 aliphatic carbocycles. The summed E-state index contributed by atoms with van der Waals surface area (Å²) in [5.41, 5.74) is 1.67. The molecule has 1 unspecified atom stereocenters. The Morgan fingerprint density at radius 2 is 2.14 bits per heavy atom. The zero-order chi connectivity index (χ0) is 19.5. The summed E-state index contributed by atoms with van der Waals surface area (Å²) in [7, 11) is 0. The summed E-state index contributed by atoms with van der Waals surface area (Å²) in [5.74, 6) is 0.780. The standard InChI is InChI=1S/C20H19FN4O3/c1-2-27-15-7-8-19-16(11-15)17(9-10-28-19)22-20(26)18-12-25(24-23-18)14-5-3-13(21)4-6-14/h3-8,11-12,17H,2,9-10H2,1H3,(H,22,26). The molecule has 0 saturated carbocycles. The quantitative estimate of drug-likeness (QED) is 0.734. The molecule has 28 heavy (non-hydrogen) atoms. The Morgan fingerprint density at radius 3 is 2.93 bits per heavy atom. The topological polar surface area (TPSA) is 78.3 Å². The number of carbonyl (C=O) groups is 1. The van der Waals surface area contributed by atoms with Gasteiger partial charge in [-0.15, -0.1) is 5.10 Å². The highest BCUT2D eigenvalue weighted by molar-refractivity contribution is 5.92. The van der Waals surface area contributed by atoms with Crippen LogP contribution in [0.1, 0.15) is 35.4 Å². The normalized spacial score (nSPS) is 15.4. The number of rotatable bonds is 5. The van der Waals surface area contributed by atoms with Crippen molar-refractivity contribution in [1.29, 1.82) is 0 Å². The van der Waals surface area contributed by atoms with Gasteiger partial charge >= 0.3 is 0 Å². The van der Waals surface area contributed by atoms with Crippen molar-refractivity contribution in [3.05, 3.63) is 65.7 Å². The van der Waals surface area contributed by atoms with Gasteiger partial charge in [-0.3, -0.25) is 4.79 Å². The van der Waals surface area contributed by atoms with Crippen LogP contribution in [0.25, 0.3) is 5.69 Å². The highest BCUT2D eigenvalue weighted by atomic mass is 19.1.